The maximum absolute atomic E-state index is 12.1. The van der Waals surface area contributed by atoms with Gasteiger partial charge in [0, 0.05) is 30.7 Å². The van der Waals surface area contributed by atoms with Crippen molar-refractivity contribution in [1.82, 2.24) is 15.6 Å². The van der Waals surface area contributed by atoms with Gasteiger partial charge in [-0.25, -0.2) is 0 Å². The Morgan fingerprint density at radius 2 is 2.09 bits per heavy atom. The molecule has 1 aromatic rings. The van der Waals surface area contributed by atoms with Crippen LogP contribution in [0, 0.1) is 0 Å². The number of allylic oxidation sites excluding steroid dienone is 5. The summed E-state index contributed by atoms with van der Waals surface area (Å²) in [7, 11) is 0. The van der Waals surface area contributed by atoms with Gasteiger partial charge < -0.3 is 16.4 Å². The average molecular weight is 331 g/mol. The molecule has 2 rings (SSSR count). The second kappa shape index (κ2) is 7.95. The smallest absolute Gasteiger partial charge is 0.253 e. The van der Waals surface area contributed by atoms with Crippen LogP contribution in [0.4, 0.5) is 0 Å². The third-order valence-electron chi connectivity index (χ3n) is 3.06. The average Bonchev–Trinajstić information content (AvgIpc) is 2.59. The molecule has 2 heterocycles. The van der Waals surface area contributed by atoms with Gasteiger partial charge in [-0.05, 0) is 41.5 Å². The second-order valence-corrected chi connectivity index (χ2v) is 5.00. The van der Waals surface area contributed by atoms with E-state index in [4.69, 9.17) is 17.3 Å². The van der Waals surface area contributed by atoms with Crippen LogP contribution in [-0.2, 0) is 9.59 Å². The lowest BCUT2D eigenvalue weighted by Gasteiger charge is -2.13. The van der Waals surface area contributed by atoms with E-state index < -0.39 is 0 Å². The molecular formula is C16H15ClN4O2. The van der Waals surface area contributed by atoms with Crippen LogP contribution >= 0.6 is 11.6 Å². The number of rotatable bonds is 5. The first-order valence-corrected chi connectivity index (χ1v) is 7.12. The van der Waals surface area contributed by atoms with Crippen LogP contribution < -0.4 is 16.4 Å². The van der Waals surface area contributed by atoms with Crippen molar-refractivity contribution in [2.75, 3.05) is 6.54 Å². The van der Waals surface area contributed by atoms with Gasteiger partial charge >= 0.3 is 0 Å². The molecule has 0 atom stereocenters. The van der Waals surface area contributed by atoms with Crippen molar-refractivity contribution in [3.8, 4) is 0 Å². The lowest BCUT2D eigenvalue weighted by molar-refractivity contribution is -0.118. The first-order chi connectivity index (χ1) is 11.1. The molecule has 1 aromatic heterocycles. The number of amides is 1. The van der Waals surface area contributed by atoms with Crippen molar-refractivity contribution in [3.63, 3.8) is 0 Å². The zero-order chi connectivity index (χ0) is 16.7. The quantitative estimate of drug-likeness (QED) is 0.326. The second-order valence-electron chi connectivity index (χ2n) is 4.59. The number of dihydropyridines is 1. The summed E-state index contributed by atoms with van der Waals surface area (Å²) >= 11 is 5.75. The molecule has 0 saturated heterocycles. The fourth-order valence-corrected chi connectivity index (χ4v) is 2.01. The summed E-state index contributed by atoms with van der Waals surface area (Å²) in [4.78, 5) is 27.3. The predicted molar refractivity (Wildman–Crippen MR) is 88.7 cm³/mol. The van der Waals surface area contributed by atoms with Crippen LogP contribution in [0.2, 0.25) is 0 Å². The predicted octanol–water partition coefficient (Wildman–Crippen LogP) is 1.19. The van der Waals surface area contributed by atoms with Gasteiger partial charge in [-0.3, -0.25) is 14.6 Å². The molecular weight excluding hydrogens is 316 g/mol. The number of hydrogen-bond acceptors (Lipinski definition) is 5. The monoisotopic (exact) mass is 330 g/mol. The van der Waals surface area contributed by atoms with Crippen LogP contribution in [-0.4, -0.2) is 23.7 Å². The third kappa shape index (κ3) is 4.55. The van der Waals surface area contributed by atoms with Crippen molar-refractivity contribution in [3.05, 3.63) is 70.9 Å². The van der Waals surface area contributed by atoms with Gasteiger partial charge in [0.1, 0.15) is 5.16 Å². The Kier molecular flexibility index (Phi) is 5.71. The number of hydrogen-bond donors (Lipinski definition) is 3. The number of nitrogens with one attached hydrogen (secondary N) is 2. The topological polar surface area (TPSA) is 97.1 Å². The Balaban J connectivity index is 2.16. The highest BCUT2D eigenvalue weighted by Gasteiger charge is 2.13. The highest BCUT2D eigenvalue weighted by Crippen LogP contribution is 2.15. The molecule has 0 aromatic carbocycles. The molecule has 1 aliphatic rings. The van der Waals surface area contributed by atoms with Crippen LogP contribution in [0.3, 0.4) is 0 Å². The van der Waals surface area contributed by atoms with E-state index in [2.05, 4.69) is 15.6 Å². The Bertz CT molecular complexity index is 721. The third-order valence-corrected chi connectivity index (χ3v) is 3.32. The maximum Gasteiger partial charge on any atom is 0.253 e. The number of carbonyl (C=O) groups excluding carboxylic acids is 2. The van der Waals surface area contributed by atoms with E-state index in [1.54, 1.807) is 36.7 Å². The van der Waals surface area contributed by atoms with E-state index in [1.165, 1.54) is 12.3 Å². The Hall–Kier alpha value is -2.86. The molecule has 0 bridgehead atoms. The van der Waals surface area contributed by atoms with Crippen molar-refractivity contribution in [2.45, 2.75) is 0 Å². The summed E-state index contributed by atoms with van der Waals surface area (Å²) in [6, 6.07) is 3.50. The van der Waals surface area contributed by atoms with E-state index in [1.807, 2.05) is 0 Å². The van der Waals surface area contributed by atoms with Gasteiger partial charge in [-0.15, -0.1) is 0 Å². The van der Waals surface area contributed by atoms with Crippen molar-refractivity contribution in [2.24, 2.45) is 5.73 Å². The van der Waals surface area contributed by atoms with Gasteiger partial charge in [-0.1, -0.05) is 11.6 Å². The van der Waals surface area contributed by atoms with Crippen LogP contribution in [0.25, 0.3) is 5.57 Å². The van der Waals surface area contributed by atoms with Gasteiger partial charge in [0.2, 0.25) is 0 Å². The lowest BCUT2D eigenvalue weighted by Crippen LogP contribution is -2.31. The standard InChI is InChI=1S/C16H15ClN4O2/c17-15-2-1-12(9-20-15)16(23)21-14(10-22)7-13(8-18)11-3-5-19-6-4-11/h1-8,10,20H,9,18H2,(H,21,23)/b13-8+,14-7+. The van der Waals surface area contributed by atoms with Gasteiger partial charge in [0.15, 0.2) is 6.29 Å². The minimum absolute atomic E-state index is 0.102. The van der Waals surface area contributed by atoms with Gasteiger partial charge in [0.25, 0.3) is 5.91 Å². The number of halogens is 1. The van der Waals surface area contributed by atoms with E-state index >= 15 is 0 Å². The largest absolute Gasteiger partial charge is 0.404 e. The van der Waals surface area contributed by atoms with Crippen molar-refractivity contribution >= 4 is 29.4 Å². The molecule has 118 valence electrons. The van der Waals surface area contributed by atoms with E-state index in [0.29, 0.717) is 22.6 Å². The summed E-state index contributed by atoms with van der Waals surface area (Å²) in [5, 5.41) is 5.84. The van der Waals surface area contributed by atoms with Crippen LogP contribution in [0.15, 0.2) is 65.4 Å². The fraction of sp³-hybridized carbons (Fsp3) is 0.0625. The summed E-state index contributed by atoms with van der Waals surface area (Å²) in [5.41, 5.74) is 7.53. The summed E-state index contributed by atoms with van der Waals surface area (Å²) in [6.45, 7) is 0.289. The zero-order valence-corrected chi connectivity index (χ0v) is 12.9. The molecule has 4 N–H and O–H groups in total. The number of nitrogens with two attached hydrogens (primary N) is 1. The molecule has 23 heavy (non-hydrogen) atoms. The molecule has 0 aliphatic carbocycles. The molecule has 0 radical (unpaired) electrons. The fourth-order valence-electron chi connectivity index (χ4n) is 1.88. The number of pyridine rings is 1. The minimum atomic E-state index is -0.387. The van der Waals surface area contributed by atoms with Crippen LogP contribution in [0.1, 0.15) is 5.56 Å². The summed E-state index contributed by atoms with van der Waals surface area (Å²) in [6.07, 6.45) is 9.81. The molecule has 0 saturated carbocycles. The first-order valence-electron chi connectivity index (χ1n) is 6.75. The Morgan fingerprint density at radius 1 is 1.35 bits per heavy atom. The normalized spacial score (nSPS) is 15.2. The SMILES string of the molecule is N/C=C(\C=C(/C=O)NC(=O)C1=CC=C(Cl)NC1)c1ccncc1. The van der Waals surface area contributed by atoms with Gasteiger partial charge in [-0.2, -0.15) is 0 Å². The number of nitrogens with zero attached hydrogens (tertiary/aromatic N) is 1. The minimum Gasteiger partial charge on any atom is -0.404 e. The molecule has 7 heteroatoms. The maximum atomic E-state index is 12.1. The Labute approximate surface area is 138 Å². The highest BCUT2D eigenvalue weighted by molar-refractivity contribution is 6.29. The molecule has 0 fully saturated rings. The molecule has 6 nitrogen and oxygen atoms in total. The van der Waals surface area contributed by atoms with E-state index in [9.17, 15) is 9.59 Å². The summed E-state index contributed by atoms with van der Waals surface area (Å²) < 4.78 is 0. The number of aldehydes is 1. The first kappa shape index (κ1) is 16.5. The van der Waals surface area contributed by atoms with Crippen molar-refractivity contribution in [1.29, 1.82) is 0 Å². The zero-order valence-electron chi connectivity index (χ0n) is 12.1. The Morgan fingerprint density at radius 3 is 2.65 bits per heavy atom. The lowest BCUT2D eigenvalue weighted by atomic mass is 10.1. The highest BCUT2D eigenvalue weighted by atomic mass is 35.5. The number of carbonyl (C=O) groups is 2. The number of aromatic nitrogens is 1. The molecule has 0 unspecified atom stereocenters. The van der Waals surface area contributed by atoms with E-state index in [-0.39, 0.29) is 18.1 Å². The summed E-state index contributed by atoms with van der Waals surface area (Å²) in [5.74, 6) is -0.387. The van der Waals surface area contributed by atoms with Crippen molar-refractivity contribution < 1.29 is 9.59 Å². The van der Waals surface area contributed by atoms with Gasteiger partial charge in [0.05, 0.1) is 5.70 Å². The van der Waals surface area contributed by atoms with Crippen LogP contribution in [0.5, 0.6) is 0 Å². The molecule has 1 aliphatic heterocycles. The molecule has 1 amide bonds. The molecule has 0 spiro atoms. The van der Waals surface area contributed by atoms with E-state index in [0.717, 1.165) is 5.56 Å².